The fourth-order valence-electron chi connectivity index (χ4n) is 6.60. The molecule has 248 valence electrons. The number of hydrogen-bond donors (Lipinski definition) is 1. The number of rotatable bonds is 12. The number of halogens is 2. The number of piperazine rings is 1. The molecule has 3 aromatic carbocycles. The molecule has 3 aromatic rings. The van der Waals surface area contributed by atoms with Crippen molar-refractivity contribution in [1.82, 2.24) is 15.1 Å². The molecule has 6 rings (SSSR count). The first-order chi connectivity index (χ1) is 22.7. The number of benzene rings is 3. The van der Waals surface area contributed by atoms with Gasteiger partial charge in [-0.1, -0.05) is 30.3 Å². The van der Waals surface area contributed by atoms with Gasteiger partial charge in [0, 0.05) is 43.7 Å². The van der Waals surface area contributed by atoms with Crippen LogP contribution < -0.4 is 14.8 Å². The van der Waals surface area contributed by atoms with Crippen LogP contribution in [0.2, 0.25) is 0 Å². The second kappa shape index (κ2) is 14.6. The fourth-order valence-corrected chi connectivity index (χ4v) is 6.96. The van der Waals surface area contributed by atoms with Gasteiger partial charge in [-0.15, -0.1) is 0 Å². The van der Waals surface area contributed by atoms with Crippen molar-refractivity contribution in [2.24, 2.45) is 0 Å². The predicted molar refractivity (Wildman–Crippen MR) is 185 cm³/mol. The molecule has 2 aliphatic heterocycles. The highest BCUT2D eigenvalue weighted by molar-refractivity contribution is 9.10. The molecule has 2 bridgehead atoms. The van der Waals surface area contributed by atoms with E-state index in [-0.39, 0.29) is 35.8 Å². The standard InChI is InChI=1S/C38H43BrFN3O4/c1-24-6-14-32(19-25(24)2)46-18-16-43(31-12-13-31)38(45)37-33(21-30-22-42(26(3)44)23-35(37)41-30)28-9-7-27(8-10-28)5-4-17-47-36-20-29(40)11-15-34(36)39/h6-11,14-15,19-20,30-31,35,41H,4-5,12-13,16-18,21-23H2,1-3H3. The normalized spacial score (nSPS) is 19.0. The number of ether oxygens (including phenoxy) is 2. The van der Waals surface area contributed by atoms with Gasteiger partial charge >= 0.3 is 0 Å². The molecular weight excluding hydrogens is 661 g/mol. The van der Waals surface area contributed by atoms with E-state index in [0.29, 0.717) is 45.0 Å². The van der Waals surface area contributed by atoms with Gasteiger partial charge in [0.25, 0.3) is 5.91 Å². The quantitative estimate of drug-likeness (QED) is 0.215. The number of hydrogen-bond acceptors (Lipinski definition) is 5. The average Bonchev–Trinajstić information content (AvgIpc) is 3.90. The lowest BCUT2D eigenvalue weighted by molar-refractivity contribution is -0.132. The largest absolute Gasteiger partial charge is 0.492 e. The molecule has 0 aromatic heterocycles. The smallest absolute Gasteiger partial charge is 0.252 e. The Bertz CT molecular complexity index is 1660. The first kappa shape index (κ1) is 33.2. The van der Waals surface area contributed by atoms with E-state index in [1.165, 1.54) is 28.8 Å². The molecule has 2 atom stereocenters. The van der Waals surface area contributed by atoms with Crippen molar-refractivity contribution in [1.29, 1.82) is 0 Å². The number of carbonyl (C=O) groups is 2. The number of nitrogens with zero attached hydrogens (tertiary/aromatic N) is 2. The Morgan fingerprint density at radius 1 is 0.979 bits per heavy atom. The molecule has 0 spiro atoms. The molecule has 3 aliphatic rings. The van der Waals surface area contributed by atoms with E-state index in [2.05, 4.69) is 65.4 Å². The summed E-state index contributed by atoms with van der Waals surface area (Å²) in [7, 11) is 0. The lowest BCUT2D eigenvalue weighted by atomic mass is 9.82. The lowest BCUT2D eigenvalue weighted by Gasteiger charge is -2.44. The molecule has 0 radical (unpaired) electrons. The van der Waals surface area contributed by atoms with Crippen molar-refractivity contribution in [3.63, 3.8) is 0 Å². The lowest BCUT2D eigenvalue weighted by Crippen LogP contribution is -2.62. The summed E-state index contributed by atoms with van der Waals surface area (Å²) in [5.41, 5.74) is 6.46. The number of carbonyl (C=O) groups excluding carboxylic acids is 2. The second-order valence-electron chi connectivity index (χ2n) is 13.0. The maximum absolute atomic E-state index is 14.5. The highest BCUT2D eigenvalue weighted by Gasteiger charge is 2.42. The molecule has 2 heterocycles. The first-order valence-electron chi connectivity index (χ1n) is 16.6. The minimum atomic E-state index is -0.326. The van der Waals surface area contributed by atoms with Crippen LogP contribution >= 0.6 is 15.9 Å². The zero-order chi connectivity index (χ0) is 33.1. The predicted octanol–water partition coefficient (Wildman–Crippen LogP) is 6.63. The van der Waals surface area contributed by atoms with Crippen molar-refractivity contribution < 1.29 is 23.5 Å². The molecular formula is C38H43BrFN3O4. The summed E-state index contributed by atoms with van der Waals surface area (Å²) in [5.74, 6) is 1.07. The van der Waals surface area contributed by atoms with Crippen LogP contribution in [0.4, 0.5) is 4.39 Å². The Morgan fingerprint density at radius 3 is 2.49 bits per heavy atom. The molecule has 1 saturated heterocycles. The molecule has 1 aliphatic carbocycles. The summed E-state index contributed by atoms with van der Waals surface area (Å²) in [5, 5.41) is 3.67. The number of nitrogens with one attached hydrogen (secondary N) is 1. The molecule has 2 unspecified atom stereocenters. The summed E-state index contributed by atoms with van der Waals surface area (Å²) in [4.78, 5) is 30.8. The van der Waals surface area contributed by atoms with Gasteiger partial charge in [-0.05, 0) is 114 Å². The summed E-state index contributed by atoms with van der Waals surface area (Å²) < 4.78 is 26.2. The van der Waals surface area contributed by atoms with E-state index in [1.54, 1.807) is 13.0 Å². The molecule has 2 amide bonds. The van der Waals surface area contributed by atoms with Gasteiger partial charge in [0.1, 0.15) is 23.9 Å². The second-order valence-corrected chi connectivity index (χ2v) is 13.8. The van der Waals surface area contributed by atoms with Crippen molar-refractivity contribution in [3.05, 3.63) is 98.8 Å². The van der Waals surface area contributed by atoms with E-state index < -0.39 is 0 Å². The van der Waals surface area contributed by atoms with Crippen LogP contribution in [-0.4, -0.2) is 72.6 Å². The Kier molecular flexibility index (Phi) is 10.3. The zero-order valence-corrected chi connectivity index (χ0v) is 28.9. The topological polar surface area (TPSA) is 71.1 Å². The van der Waals surface area contributed by atoms with Gasteiger partial charge < -0.3 is 24.6 Å². The third kappa shape index (κ3) is 8.07. The molecule has 7 nitrogen and oxygen atoms in total. The van der Waals surface area contributed by atoms with Crippen molar-refractivity contribution in [3.8, 4) is 11.5 Å². The molecule has 1 N–H and O–H groups in total. The summed E-state index contributed by atoms with van der Waals surface area (Å²) in [6.07, 6.45) is 4.26. The average molecular weight is 705 g/mol. The van der Waals surface area contributed by atoms with Crippen LogP contribution in [0, 0.1) is 19.7 Å². The van der Waals surface area contributed by atoms with Gasteiger partial charge in [0.15, 0.2) is 0 Å². The van der Waals surface area contributed by atoms with Crippen LogP contribution in [0.5, 0.6) is 11.5 Å². The number of fused-ring (bicyclic) bond motifs is 2. The Labute approximate surface area is 285 Å². The van der Waals surface area contributed by atoms with E-state index in [4.69, 9.17) is 9.47 Å². The Balaban J connectivity index is 1.18. The monoisotopic (exact) mass is 703 g/mol. The maximum atomic E-state index is 14.5. The van der Waals surface area contributed by atoms with Gasteiger partial charge in [-0.3, -0.25) is 9.59 Å². The summed E-state index contributed by atoms with van der Waals surface area (Å²) in [6.45, 7) is 8.27. The highest BCUT2D eigenvalue weighted by atomic mass is 79.9. The third-order valence-electron chi connectivity index (χ3n) is 9.47. The van der Waals surface area contributed by atoms with Gasteiger partial charge in [0.2, 0.25) is 5.91 Å². The van der Waals surface area contributed by atoms with E-state index >= 15 is 0 Å². The Morgan fingerprint density at radius 2 is 1.77 bits per heavy atom. The van der Waals surface area contributed by atoms with Crippen LogP contribution in [0.3, 0.4) is 0 Å². The van der Waals surface area contributed by atoms with Crippen molar-refractivity contribution >= 4 is 33.3 Å². The van der Waals surface area contributed by atoms with Crippen LogP contribution in [0.1, 0.15) is 54.9 Å². The van der Waals surface area contributed by atoms with Gasteiger partial charge in [-0.2, -0.15) is 0 Å². The minimum Gasteiger partial charge on any atom is -0.492 e. The fraction of sp³-hybridized carbons (Fsp3) is 0.421. The van der Waals surface area contributed by atoms with Crippen LogP contribution in [0.15, 0.2) is 70.7 Å². The molecule has 9 heteroatoms. The van der Waals surface area contributed by atoms with Crippen molar-refractivity contribution in [2.75, 3.05) is 32.8 Å². The van der Waals surface area contributed by atoms with Gasteiger partial charge in [-0.25, -0.2) is 4.39 Å². The zero-order valence-electron chi connectivity index (χ0n) is 27.4. The van der Waals surface area contributed by atoms with Crippen LogP contribution in [0.25, 0.3) is 5.57 Å². The number of amides is 2. The highest BCUT2D eigenvalue weighted by Crippen LogP contribution is 2.37. The first-order valence-corrected chi connectivity index (χ1v) is 17.4. The summed E-state index contributed by atoms with van der Waals surface area (Å²) >= 11 is 3.41. The van der Waals surface area contributed by atoms with Crippen molar-refractivity contribution in [2.45, 2.75) is 71.0 Å². The van der Waals surface area contributed by atoms with Crippen LogP contribution in [-0.2, 0) is 16.0 Å². The van der Waals surface area contributed by atoms with Gasteiger partial charge in [0.05, 0.1) is 23.7 Å². The summed E-state index contributed by atoms with van der Waals surface area (Å²) in [6, 6.07) is 19.1. The SMILES string of the molecule is CC(=O)N1CC2CC(c3ccc(CCCOc4cc(F)ccc4Br)cc3)=C(C(=O)N(CCOc3ccc(C)c(C)c3)C3CC3)C(C1)N2. The number of aryl methyl sites for hydroxylation is 3. The van der Waals surface area contributed by atoms with E-state index in [0.717, 1.165) is 52.6 Å². The minimum absolute atomic E-state index is 0.0377. The van der Waals surface area contributed by atoms with E-state index in [9.17, 15) is 14.0 Å². The van der Waals surface area contributed by atoms with E-state index in [1.807, 2.05) is 21.9 Å². The maximum Gasteiger partial charge on any atom is 0.252 e. The molecule has 1 saturated carbocycles. The Hall–Kier alpha value is -3.69. The molecule has 47 heavy (non-hydrogen) atoms. The third-order valence-corrected chi connectivity index (χ3v) is 10.1. The molecule has 2 fully saturated rings.